The van der Waals surface area contributed by atoms with E-state index in [-0.39, 0.29) is 30.1 Å². The first-order chi connectivity index (χ1) is 9.43. The van der Waals surface area contributed by atoms with Crippen molar-refractivity contribution in [1.29, 1.82) is 0 Å². The third-order valence-corrected chi connectivity index (χ3v) is 3.60. The minimum atomic E-state index is -0.870. The van der Waals surface area contributed by atoms with Crippen molar-refractivity contribution in [2.75, 3.05) is 16.9 Å². The molecular formula is C12H17F2N5O. The van der Waals surface area contributed by atoms with Gasteiger partial charge in [0.25, 0.3) is 0 Å². The number of halogens is 2. The standard InChI is InChI=1S/C12H17F2N5O/c1-6-2-3-7(10(15)20)5-19(6)12-9(14)4-8(13)11(17-12)18-16/h4,6-7H,2-3,5,16H2,1H3,(H2,15,20)(H,17,18). The van der Waals surface area contributed by atoms with Crippen molar-refractivity contribution in [2.24, 2.45) is 17.5 Å². The summed E-state index contributed by atoms with van der Waals surface area (Å²) in [7, 11) is 0. The molecule has 0 spiro atoms. The van der Waals surface area contributed by atoms with Crippen LogP contribution in [0.5, 0.6) is 0 Å². The fourth-order valence-electron chi connectivity index (χ4n) is 2.39. The molecule has 1 amide bonds. The first-order valence-corrected chi connectivity index (χ1v) is 6.32. The van der Waals surface area contributed by atoms with Crippen LogP contribution in [-0.4, -0.2) is 23.5 Å². The van der Waals surface area contributed by atoms with Crippen molar-refractivity contribution >= 4 is 17.5 Å². The third kappa shape index (κ3) is 2.64. The van der Waals surface area contributed by atoms with Crippen LogP contribution < -0.4 is 21.9 Å². The van der Waals surface area contributed by atoms with Gasteiger partial charge in [-0.3, -0.25) is 4.79 Å². The van der Waals surface area contributed by atoms with Gasteiger partial charge in [-0.2, -0.15) is 0 Å². The number of piperidine rings is 1. The molecule has 2 heterocycles. The number of amides is 1. The van der Waals surface area contributed by atoms with Gasteiger partial charge in [0.15, 0.2) is 23.3 Å². The summed E-state index contributed by atoms with van der Waals surface area (Å²) >= 11 is 0. The second-order valence-electron chi connectivity index (χ2n) is 4.95. The van der Waals surface area contributed by atoms with Crippen LogP contribution in [-0.2, 0) is 4.79 Å². The third-order valence-electron chi connectivity index (χ3n) is 3.60. The molecule has 6 nitrogen and oxygen atoms in total. The normalized spacial score (nSPS) is 22.7. The van der Waals surface area contributed by atoms with Crippen molar-refractivity contribution in [3.63, 3.8) is 0 Å². The summed E-state index contributed by atoms with van der Waals surface area (Å²) in [6, 6.07) is 0.696. The molecule has 0 saturated carbocycles. The Labute approximate surface area is 115 Å². The van der Waals surface area contributed by atoms with Gasteiger partial charge in [-0.15, -0.1) is 0 Å². The summed E-state index contributed by atoms with van der Waals surface area (Å²) in [4.78, 5) is 16.8. The Balaban J connectivity index is 2.35. The molecule has 2 rings (SSSR count). The number of nitrogens with one attached hydrogen (secondary N) is 1. The molecule has 1 fully saturated rings. The van der Waals surface area contributed by atoms with Crippen LogP contribution in [0.15, 0.2) is 6.07 Å². The topological polar surface area (TPSA) is 97.3 Å². The lowest BCUT2D eigenvalue weighted by Gasteiger charge is -2.37. The first-order valence-electron chi connectivity index (χ1n) is 6.32. The molecule has 2 unspecified atom stereocenters. The number of aromatic nitrogens is 1. The highest BCUT2D eigenvalue weighted by molar-refractivity contribution is 5.77. The lowest BCUT2D eigenvalue weighted by Crippen LogP contribution is -2.46. The van der Waals surface area contributed by atoms with Crippen molar-refractivity contribution in [3.05, 3.63) is 17.7 Å². The molecule has 1 aliphatic rings. The number of carbonyl (C=O) groups excluding carboxylic acids is 1. The zero-order valence-electron chi connectivity index (χ0n) is 11.1. The van der Waals surface area contributed by atoms with Gasteiger partial charge in [-0.05, 0) is 19.8 Å². The van der Waals surface area contributed by atoms with E-state index in [1.165, 1.54) is 0 Å². The van der Waals surface area contributed by atoms with Crippen LogP contribution >= 0.6 is 0 Å². The largest absolute Gasteiger partial charge is 0.369 e. The molecule has 2 atom stereocenters. The van der Waals surface area contributed by atoms with Crippen molar-refractivity contribution in [2.45, 2.75) is 25.8 Å². The van der Waals surface area contributed by atoms with Gasteiger partial charge >= 0.3 is 0 Å². The quantitative estimate of drug-likeness (QED) is 0.562. The van der Waals surface area contributed by atoms with E-state index in [4.69, 9.17) is 11.6 Å². The summed E-state index contributed by atoms with van der Waals surface area (Å²) < 4.78 is 27.3. The molecule has 8 heteroatoms. The number of pyridine rings is 1. The van der Waals surface area contributed by atoms with Gasteiger partial charge in [0.2, 0.25) is 5.91 Å². The highest BCUT2D eigenvalue weighted by Gasteiger charge is 2.31. The van der Waals surface area contributed by atoms with E-state index >= 15 is 0 Å². The van der Waals surface area contributed by atoms with E-state index < -0.39 is 17.5 Å². The number of hydrogen-bond donors (Lipinski definition) is 3. The van der Waals surface area contributed by atoms with Crippen molar-refractivity contribution in [3.8, 4) is 0 Å². The summed E-state index contributed by atoms with van der Waals surface area (Å²) in [6.07, 6.45) is 1.33. The number of anilines is 2. The zero-order chi connectivity index (χ0) is 14.9. The Hall–Kier alpha value is -1.96. The average molecular weight is 285 g/mol. The molecule has 1 aliphatic heterocycles. The van der Waals surface area contributed by atoms with Gasteiger partial charge in [-0.25, -0.2) is 19.6 Å². The lowest BCUT2D eigenvalue weighted by molar-refractivity contribution is -0.122. The second-order valence-corrected chi connectivity index (χ2v) is 4.95. The smallest absolute Gasteiger partial charge is 0.222 e. The van der Waals surface area contributed by atoms with Gasteiger partial charge in [0.05, 0.1) is 5.92 Å². The molecule has 0 bridgehead atoms. The first kappa shape index (κ1) is 14.4. The SMILES string of the molecule is CC1CCC(C(N)=O)CN1c1nc(NN)c(F)cc1F. The average Bonchev–Trinajstić information content (AvgIpc) is 2.40. The van der Waals surface area contributed by atoms with E-state index in [2.05, 4.69) is 10.4 Å². The molecule has 0 radical (unpaired) electrons. The summed E-state index contributed by atoms with van der Waals surface area (Å²) in [5, 5.41) is 0. The number of hydrazine groups is 1. The number of rotatable bonds is 3. The zero-order valence-corrected chi connectivity index (χ0v) is 11.1. The Morgan fingerprint density at radius 3 is 2.75 bits per heavy atom. The number of nitrogens with zero attached hydrogens (tertiary/aromatic N) is 2. The summed E-state index contributed by atoms with van der Waals surface area (Å²) in [5.74, 6) is 2.41. The molecule has 0 aromatic carbocycles. The van der Waals surface area contributed by atoms with Crippen LogP contribution in [0, 0.1) is 17.6 Å². The minimum absolute atomic E-state index is 0.0244. The molecular weight excluding hydrogens is 268 g/mol. The number of nitrogen functional groups attached to an aromatic ring is 1. The predicted molar refractivity (Wildman–Crippen MR) is 70.7 cm³/mol. The number of nitrogens with two attached hydrogens (primary N) is 2. The maximum Gasteiger partial charge on any atom is 0.222 e. The maximum absolute atomic E-state index is 13.9. The number of primary amides is 1. The van der Waals surface area contributed by atoms with E-state index in [9.17, 15) is 13.6 Å². The van der Waals surface area contributed by atoms with E-state index in [0.717, 1.165) is 6.07 Å². The second kappa shape index (κ2) is 5.58. The Morgan fingerprint density at radius 1 is 1.45 bits per heavy atom. The fourth-order valence-corrected chi connectivity index (χ4v) is 2.39. The monoisotopic (exact) mass is 285 g/mol. The fraction of sp³-hybridized carbons (Fsp3) is 0.500. The van der Waals surface area contributed by atoms with Crippen LogP contribution in [0.3, 0.4) is 0 Å². The molecule has 5 N–H and O–H groups in total. The summed E-state index contributed by atoms with van der Waals surface area (Å²) in [5.41, 5.74) is 7.38. The Morgan fingerprint density at radius 2 is 2.15 bits per heavy atom. The molecule has 1 aromatic heterocycles. The molecule has 1 aromatic rings. The van der Waals surface area contributed by atoms with Gasteiger partial charge in [0, 0.05) is 18.7 Å². The van der Waals surface area contributed by atoms with Gasteiger partial charge < -0.3 is 16.1 Å². The molecule has 110 valence electrons. The predicted octanol–water partition coefficient (Wildman–Crippen LogP) is 0.736. The maximum atomic E-state index is 13.9. The lowest BCUT2D eigenvalue weighted by atomic mass is 9.93. The van der Waals surface area contributed by atoms with Crippen molar-refractivity contribution < 1.29 is 13.6 Å². The van der Waals surface area contributed by atoms with Crippen molar-refractivity contribution in [1.82, 2.24) is 4.98 Å². The van der Waals surface area contributed by atoms with Crippen LogP contribution in [0.1, 0.15) is 19.8 Å². The van der Waals surface area contributed by atoms with Crippen LogP contribution in [0.4, 0.5) is 20.4 Å². The summed E-state index contributed by atoms with van der Waals surface area (Å²) in [6.45, 7) is 2.15. The number of carbonyl (C=O) groups is 1. The van der Waals surface area contributed by atoms with E-state index in [0.29, 0.717) is 12.8 Å². The van der Waals surface area contributed by atoms with Gasteiger partial charge in [0.1, 0.15) is 0 Å². The molecule has 20 heavy (non-hydrogen) atoms. The van der Waals surface area contributed by atoms with Gasteiger partial charge in [-0.1, -0.05) is 0 Å². The van der Waals surface area contributed by atoms with Crippen LogP contribution in [0.2, 0.25) is 0 Å². The van der Waals surface area contributed by atoms with Crippen LogP contribution in [0.25, 0.3) is 0 Å². The Bertz CT molecular complexity index is 525. The van der Waals surface area contributed by atoms with E-state index in [1.54, 1.807) is 4.90 Å². The molecule has 0 aliphatic carbocycles. The molecule has 1 saturated heterocycles. The number of hydrogen-bond acceptors (Lipinski definition) is 5. The minimum Gasteiger partial charge on any atom is -0.369 e. The van der Waals surface area contributed by atoms with E-state index in [1.807, 2.05) is 6.92 Å². The highest BCUT2D eigenvalue weighted by atomic mass is 19.1. The Kier molecular flexibility index (Phi) is 4.03. The highest BCUT2D eigenvalue weighted by Crippen LogP contribution is 2.29.